The summed E-state index contributed by atoms with van der Waals surface area (Å²) in [6.45, 7) is 5.29. The molecule has 0 radical (unpaired) electrons. The van der Waals surface area contributed by atoms with Crippen LogP contribution in [0, 0.1) is 21.7 Å². The lowest BCUT2D eigenvalue weighted by molar-refractivity contribution is -0.385. The van der Waals surface area contributed by atoms with Gasteiger partial charge in [-0.05, 0) is 67.6 Å². The van der Waals surface area contributed by atoms with E-state index < -0.39 is 16.6 Å². The monoisotopic (exact) mass is 795 g/mol. The average Bonchev–Trinajstić information content (AvgIpc) is 3.08. The molecular weight excluding hydrogens is 763 g/mol. The minimum absolute atomic E-state index is 0. The molecule has 0 bridgehead atoms. The van der Waals surface area contributed by atoms with Crippen molar-refractivity contribution in [2.45, 2.75) is 18.4 Å². The van der Waals surface area contributed by atoms with E-state index in [0.717, 1.165) is 16.3 Å². The van der Waals surface area contributed by atoms with E-state index in [4.69, 9.17) is 37.7 Å². The number of thioether (sulfide) groups is 1. The van der Waals surface area contributed by atoms with Gasteiger partial charge in [-0.25, -0.2) is 13.8 Å². The van der Waals surface area contributed by atoms with Crippen LogP contribution in [0.15, 0.2) is 88.8 Å². The first kappa shape index (κ1) is 38.0. The summed E-state index contributed by atoms with van der Waals surface area (Å²) in [6, 6.07) is 20.7. The molecule has 1 aliphatic heterocycles. The third kappa shape index (κ3) is 10.6. The molecule has 4 aromatic rings. The molecule has 260 valence electrons. The van der Waals surface area contributed by atoms with Gasteiger partial charge in [-0.1, -0.05) is 23.2 Å². The van der Waals surface area contributed by atoms with Gasteiger partial charge in [-0.2, -0.15) is 0 Å². The lowest BCUT2D eigenvalue weighted by Gasteiger charge is -2.38. The number of nitrogens with one attached hydrogen (secondary N) is 1. The normalized spacial score (nSPS) is 13.1. The van der Waals surface area contributed by atoms with E-state index in [9.17, 15) is 18.9 Å². The number of guanidine groups is 1. The summed E-state index contributed by atoms with van der Waals surface area (Å²) in [4.78, 5) is 21.2. The van der Waals surface area contributed by atoms with E-state index in [0.29, 0.717) is 67.4 Å². The number of benzene rings is 4. The largest absolute Gasteiger partial charge is 0.487 e. The fraction of sp³-hybridized carbons (Fsp3) is 0.265. The Morgan fingerprint density at radius 1 is 0.980 bits per heavy atom. The van der Waals surface area contributed by atoms with Crippen molar-refractivity contribution in [3.63, 3.8) is 0 Å². The van der Waals surface area contributed by atoms with Crippen molar-refractivity contribution in [1.82, 2.24) is 10.2 Å². The van der Waals surface area contributed by atoms with Gasteiger partial charge in [0, 0.05) is 77.8 Å². The summed E-state index contributed by atoms with van der Waals surface area (Å²) in [5.41, 5.74) is 1.26. The van der Waals surface area contributed by atoms with Gasteiger partial charge >= 0.3 is 5.69 Å². The van der Waals surface area contributed by atoms with E-state index in [1.807, 2.05) is 24.3 Å². The van der Waals surface area contributed by atoms with Crippen molar-refractivity contribution < 1.29 is 23.2 Å². The molecule has 0 atom stereocenters. The lowest BCUT2D eigenvalue weighted by Crippen LogP contribution is -2.53. The number of anilines is 1. The summed E-state index contributed by atoms with van der Waals surface area (Å²) in [7, 11) is 0. The highest BCUT2D eigenvalue weighted by atomic mass is 79.9. The van der Waals surface area contributed by atoms with Crippen LogP contribution in [0.3, 0.4) is 0 Å². The van der Waals surface area contributed by atoms with Gasteiger partial charge in [-0.3, -0.25) is 10.1 Å². The Hall–Kier alpha value is -3.78. The fourth-order valence-corrected chi connectivity index (χ4v) is 6.09. The number of nitrogens with zero attached hydrogens (tertiary/aromatic N) is 4. The molecule has 0 spiro atoms. The first-order chi connectivity index (χ1) is 23.2. The predicted octanol–water partition coefficient (Wildman–Crippen LogP) is 9.01. The highest BCUT2D eigenvalue weighted by Gasteiger charge is 2.23. The number of halogens is 5. The fourth-order valence-electron chi connectivity index (χ4n) is 5.03. The Bertz CT molecular complexity index is 1770. The zero-order valence-corrected chi connectivity index (χ0v) is 30.5. The van der Waals surface area contributed by atoms with Crippen LogP contribution in [0.1, 0.15) is 12.5 Å². The van der Waals surface area contributed by atoms with Crippen LogP contribution in [0.4, 0.5) is 20.2 Å². The van der Waals surface area contributed by atoms with E-state index >= 15 is 0 Å². The number of hydrogen-bond acceptors (Lipinski definition) is 7. The first-order valence-corrected chi connectivity index (χ1v) is 16.9. The first-order valence-electron chi connectivity index (χ1n) is 15.2. The van der Waals surface area contributed by atoms with Gasteiger partial charge in [-0.15, -0.1) is 28.7 Å². The predicted molar refractivity (Wildman–Crippen MR) is 198 cm³/mol. The van der Waals surface area contributed by atoms with Gasteiger partial charge in [0.25, 0.3) is 0 Å². The number of nitro groups is 1. The van der Waals surface area contributed by atoms with Crippen molar-refractivity contribution >= 4 is 69.3 Å². The molecule has 4 aromatic carbocycles. The molecule has 15 heteroatoms. The summed E-state index contributed by atoms with van der Waals surface area (Å²) in [5.74, 6) is 1.30. The average molecular weight is 798 g/mol. The molecule has 0 unspecified atom stereocenters. The Morgan fingerprint density at radius 3 is 2.43 bits per heavy atom. The van der Waals surface area contributed by atoms with Gasteiger partial charge in [0.1, 0.15) is 23.1 Å². The zero-order valence-electron chi connectivity index (χ0n) is 26.4. The third-order valence-electron chi connectivity index (χ3n) is 7.39. The quantitative estimate of drug-likeness (QED) is 0.0380. The second-order valence-electron chi connectivity index (χ2n) is 10.6. The Morgan fingerprint density at radius 2 is 1.73 bits per heavy atom. The highest BCUT2D eigenvalue weighted by Crippen LogP contribution is 2.33. The van der Waals surface area contributed by atoms with E-state index in [2.05, 4.69) is 15.1 Å². The Kier molecular flexibility index (Phi) is 14.2. The molecule has 1 fully saturated rings. The minimum Gasteiger partial charge on any atom is -0.487 e. The van der Waals surface area contributed by atoms with Crippen molar-refractivity contribution in [1.29, 1.82) is 0 Å². The van der Waals surface area contributed by atoms with Crippen LogP contribution in [-0.4, -0.2) is 60.9 Å². The third-order valence-corrected chi connectivity index (χ3v) is 8.95. The topological polar surface area (TPSA) is 92.5 Å². The van der Waals surface area contributed by atoms with Crippen molar-refractivity contribution in [3.05, 3.63) is 116 Å². The van der Waals surface area contributed by atoms with Crippen molar-refractivity contribution in [2.75, 3.05) is 50.0 Å². The molecule has 1 N–H and O–H groups in total. The number of ether oxygens (including phenoxy) is 2. The van der Waals surface area contributed by atoms with Crippen LogP contribution < -0.4 is 19.7 Å². The molecule has 5 rings (SSSR count). The Labute approximate surface area is 308 Å². The van der Waals surface area contributed by atoms with Gasteiger partial charge < -0.3 is 24.6 Å². The van der Waals surface area contributed by atoms with E-state index in [1.54, 1.807) is 30.8 Å². The maximum atomic E-state index is 14.4. The van der Waals surface area contributed by atoms with Crippen LogP contribution in [0.5, 0.6) is 17.2 Å². The standard InChI is InChI=1S/C34H33Cl2F2N5O4S.BrH/c1-2-46-33-20-26(6-11-31(33)43(44)45)41-14-16-42(17-15-41)34(39-13-18-48-28-8-3-24(35)4-9-28)40-22-23-19-25(37)5-12-32(23)47-27-7-10-30(38)29(36)21-27;/h3-12,19-21H,2,13-18,22H2,1H3,(H,39,40);1H. The number of aliphatic imine (C=N–C) groups is 1. The minimum atomic E-state index is -0.568. The summed E-state index contributed by atoms with van der Waals surface area (Å²) in [5, 5.41) is 15.5. The molecule has 1 aliphatic rings. The van der Waals surface area contributed by atoms with Crippen LogP contribution in [-0.2, 0) is 6.54 Å². The second kappa shape index (κ2) is 18.3. The SMILES string of the molecule is Br.CCOc1cc(N2CCN(C(=NCc3cc(F)ccc3Oc3ccc(F)c(Cl)c3)NCCSc3ccc(Cl)cc3)CC2)ccc1[N+](=O)[O-]. The number of piperazine rings is 1. The molecule has 0 aliphatic carbocycles. The Balaban J connectivity index is 0.00000541. The second-order valence-corrected chi connectivity index (χ2v) is 12.6. The molecule has 0 saturated carbocycles. The molecule has 49 heavy (non-hydrogen) atoms. The maximum absolute atomic E-state index is 14.4. The molecule has 9 nitrogen and oxygen atoms in total. The lowest BCUT2D eigenvalue weighted by atomic mass is 10.2. The maximum Gasteiger partial charge on any atom is 0.311 e. The van der Waals surface area contributed by atoms with Crippen LogP contribution in [0.2, 0.25) is 10.0 Å². The van der Waals surface area contributed by atoms with Crippen molar-refractivity contribution in [2.24, 2.45) is 4.99 Å². The van der Waals surface area contributed by atoms with Gasteiger partial charge in [0.15, 0.2) is 11.7 Å². The van der Waals surface area contributed by atoms with Gasteiger partial charge in [0.05, 0.1) is 23.1 Å². The summed E-state index contributed by atoms with van der Waals surface area (Å²) < 4.78 is 39.6. The highest BCUT2D eigenvalue weighted by molar-refractivity contribution is 8.93. The molecule has 1 saturated heterocycles. The summed E-state index contributed by atoms with van der Waals surface area (Å²) >= 11 is 13.6. The van der Waals surface area contributed by atoms with Crippen LogP contribution >= 0.6 is 51.9 Å². The number of hydrogen-bond donors (Lipinski definition) is 1. The van der Waals surface area contributed by atoms with Crippen molar-refractivity contribution in [3.8, 4) is 17.2 Å². The zero-order chi connectivity index (χ0) is 34.0. The van der Waals surface area contributed by atoms with E-state index in [1.165, 1.54) is 42.5 Å². The molecular formula is C34H34BrCl2F2N5O4S. The number of rotatable bonds is 12. The molecule has 0 amide bonds. The smallest absolute Gasteiger partial charge is 0.311 e. The molecule has 0 aromatic heterocycles. The molecule has 1 heterocycles. The summed E-state index contributed by atoms with van der Waals surface area (Å²) in [6.07, 6.45) is 0. The van der Waals surface area contributed by atoms with E-state index in [-0.39, 0.29) is 40.0 Å². The number of nitro benzene ring substituents is 1. The van der Waals surface area contributed by atoms with Gasteiger partial charge in [0.2, 0.25) is 0 Å². The van der Waals surface area contributed by atoms with Crippen LogP contribution in [0.25, 0.3) is 0 Å².